The lowest BCUT2D eigenvalue weighted by atomic mass is 10.1. The second-order valence-corrected chi connectivity index (χ2v) is 9.46. The van der Waals surface area contributed by atoms with Crippen molar-refractivity contribution in [3.8, 4) is 5.75 Å². The number of unbranched alkanes of at least 4 members (excludes halogenated alkanes) is 1. The van der Waals surface area contributed by atoms with Crippen LogP contribution in [0.3, 0.4) is 0 Å². The summed E-state index contributed by atoms with van der Waals surface area (Å²) in [6.07, 6.45) is 5.02. The standard InChI is InChI=1S/C24H41N5O2.HI/c1-19(2)31-21-12-10-20(11-13-21)27-23(26-18-22(30)28-24(3,4)5)25-14-6-7-15-29-16-8-9-17-29;/h10-13,19H,6-9,14-18H2,1-5H3,(H,28,30)(H2,25,26,27);1H. The molecule has 8 heteroatoms. The zero-order valence-corrected chi connectivity index (χ0v) is 22.7. The Morgan fingerprint density at radius 3 is 2.38 bits per heavy atom. The Kier molecular flexibility index (Phi) is 13.0. The molecule has 1 aromatic carbocycles. The summed E-state index contributed by atoms with van der Waals surface area (Å²) in [5, 5.41) is 9.62. The number of hydrogen-bond acceptors (Lipinski definition) is 4. The number of guanidine groups is 1. The van der Waals surface area contributed by atoms with E-state index in [0.717, 1.165) is 37.4 Å². The minimum absolute atomic E-state index is 0. The van der Waals surface area contributed by atoms with Crippen molar-refractivity contribution in [3.05, 3.63) is 24.3 Å². The Labute approximate surface area is 211 Å². The summed E-state index contributed by atoms with van der Waals surface area (Å²) >= 11 is 0. The lowest BCUT2D eigenvalue weighted by Gasteiger charge is -2.20. The Morgan fingerprint density at radius 1 is 1.12 bits per heavy atom. The molecule has 1 fully saturated rings. The molecule has 2 rings (SSSR count). The van der Waals surface area contributed by atoms with Crippen molar-refractivity contribution >= 4 is 41.5 Å². The molecular formula is C24H42IN5O2. The van der Waals surface area contributed by atoms with E-state index in [2.05, 4.69) is 25.8 Å². The van der Waals surface area contributed by atoms with Crippen molar-refractivity contribution in [2.75, 3.05) is 38.0 Å². The fourth-order valence-corrected chi connectivity index (χ4v) is 3.45. The zero-order chi connectivity index (χ0) is 22.7. The number of benzene rings is 1. The first-order valence-corrected chi connectivity index (χ1v) is 11.6. The van der Waals surface area contributed by atoms with Gasteiger partial charge in [0.1, 0.15) is 12.3 Å². The third-order valence-corrected chi connectivity index (χ3v) is 4.78. The van der Waals surface area contributed by atoms with Crippen LogP contribution >= 0.6 is 24.0 Å². The molecule has 182 valence electrons. The molecule has 1 aliphatic rings. The van der Waals surface area contributed by atoms with Gasteiger partial charge in [-0.1, -0.05) is 0 Å². The van der Waals surface area contributed by atoms with Crippen LogP contribution in [-0.4, -0.2) is 61.1 Å². The van der Waals surface area contributed by atoms with Crippen LogP contribution in [0.5, 0.6) is 5.75 Å². The van der Waals surface area contributed by atoms with Crippen molar-refractivity contribution in [2.45, 2.75) is 71.9 Å². The molecule has 0 bridgehead atoms. The lowest BCUT2D eigenvalue weighted by Crippen LogP contribution is -2.42. The number of hydrogen-bond donors (Lipinski definition) is 3. The number of nitrogens with one attached hydrogen (secondary N) is 3. The minimum atomic E-state index is -0.268. The fourth-order valence-electron chi connectivity index (χ4n) is 3.45. The molecule has 1 amide bonds. The van der Waals surface area contributed by atoms with Gasteiger partial charge in [-0.3, -0.25) is 4.79 Å². The Balaban J connectivity index is 0.00000512. The van der Waals surface area contributed by atoms with E-state index in [1.807, 2.05) is 58.9 Å². The molecule has 0 saturated carbocycles. The highest BCUT2D eigenvalue weighted by Gasteiger charge is 2.14. The third kappa shape index (κ3) is 12.5. The first-order chi connectivity index (χ1) is 14.7. The molecule has 7 nitrogen and oxygen atoms in total. The second kappa shape index (κ2) is 14.6. The van der Waals surface area contributed by atoms with Crippen molar-refractivity contribution in [1.29, 1.82) is 0 Å². The van der Waals surface area contributed by atoms with Gasteiger partial charge < -0.3 is 25.6 Å². The second-order valence-electron chi connectivity index (χ2n) is 9.46. The van der Waals surface area contributed by atoms with Gasteiger partial charge in [0.15, 0.2) is 5.96 Å². The number of rotatable bonds is 10. The maximum absolute atomic E-state index is 12.2. The minimum Gasteiger partial charge on any atom is -0.491 e. The van der Waals surface area contributed by atoms with E-state index >= 15 is 0 Å². The first kappa shape index (κ1) is 28.5. The summed E-state index contributed by atoms with van der Waals surface area (Å²) in [6, 6.07) is 7.78. The van der Waals surface area contributed by atoms with E-state index < -0.39 is 0 Å². The van der Waals surface area contributed by atoms with Crippen molar-refractivity contribution in [2.24, 2.45) is 4.99 Å². The van der Waals surface area contributed by atoms with Crippen LogP contribution in [0.25, 0.3) is 0 Å². The number of halogens is 1. The molecule has 1 aliphatic heterocycles. The van der Waals surface area contributed by atoms with Crippen LogP contribution < -0.4 is 20.7 Å². The van der Waals surface area contributed by atoms with Gasteiger partial charge in [0.2, 0.25) is 5.91 Å². The average Bonchev–Trinajstić information content (AvgIpc) is 3.19. The van der Waals surface area contributed by atoms with Gasteiger partial charge in [-0.2, -0.15) is 0 Å². The molecule has 0 radical (unpaired) electrons. The molecule has 3 N–H and O–H groups in total. The molecule has 1 aromatic rings. The quantitative estimate of drug-likeness (QED) is 0.173. The Hall–Kier alpha value is -1.55. The van der Waals surface area contributed by atoms with Crippen molar-refractivity contribution in [3.63, 3.8) is 0 Å². The van der Waals surface area contributed by atoms with Crippen LogP contribution in [0.2, 0.25) is 0 Å². The number of carbonyl (C=O) groups is 1. The number of ether oxygens (including phenoxy) is 1. The summed E-state index contributed by atoms with van der Waals surface area (Å²) in [4.78, 5) is 19.2. The highest BCUT2D eigenvalue weighted by molar-refractivity contribution is 14.0. The van der Waals surface area contributed by atoms with Crippen molar-refractivity contribution < 1.29 is 9.53 Å². The highest BCUT2D eigenvalue weighted by atomic mass is 127. The van der Waals surface area contributed by atoms with Crippen LogP contribution in [0, 0.1) is 0 Å². The summed E-state index contributed by atoms with van der Waals surface area (Å²) in [5.74, 6) is 1.35. The molecular weight excluding hydrogens is 517 g/mol. The molecule has 0 atom stereocenters. The van der Waals surface area contributed by atoms with Gasteiger partial charge in [0, 0.05) is 17.8 Å². The first-order valence-electron chi connectivity index (χ1n) is 11.6. The topological polar surface area (TPSA) is 78.0 Å². The van der Waals surface area contributed by atoms with Gasteiger partial charge in [-0.25, -0.2) is 4.99 Å². The number of nitrogens with zero attached hydrogens (tertiary/aromatic N) is 2. The predicted octanol–water partition coefficient (Wildman–Crippen LogP) is 4.24. The fraction of sp³-hybridized carbons (Fsp3) is 0.667. The largest absolute Gasteiger partial charge is 0.491 e. The van der Waals surface area contributed by atoms with Crippen LogP contribution in [-0.2, 0) is 4.79 Å². The van der Waals surface area contributed by atoms with Crippen molar-refractivity contribution in [1.82, 2.24) is 15.5 Å². The molecule has 0 unspecified atom stereocenters. The maximum Gasteiger partial charge on any atom is 0.242 e. The molecule has 1 saturated heterocycles. The number of anilines is 1. The molecule has 32 heavy (non-hydrogen) atoms. The van der Waals surface area contributed by atoms with Gasteiger partial charge >= 0.3 is 0 Å². The Bertz CT molecular complexity index is 695. The van der Waals surface area contributed by atoms with E-state index in [0.29, 0.717) is 5.96 Å². The summed E-state index contributed by atoms with van der Waals surface area (Å²) < 4.78 is 5.70. The zero-order valence-electron chi connectivity index (χ0n) is 20.4. The van der Waals surface area contributed by atoms with Gasteiger partial charge in [0.05, 0.1) is 6.10 Å². The Morgan fingerprint density at radius 2 is 1.78 bits per heavy atom. The molecule has 0 spiro atoms. The van der Waals surface area contributed by atoms with E-state index in [9.17, 15) is 4.79 Å². The van der Waals surface area contributed by atoms with Gasteiger partial charge in [-0.05, 0) is 104 Å². The average molecular weight is 560 g/mol. The number of aliphatic imine (C=N–C) groups is 1. The predicted molar refractivity (Wildman–Crippen MR) is 144 cm³/mol. The summed E-state index contributed by atoms with van der Waals surface area (Å²) in [5.41, 5.74) is 0.630. The normalized spacial score (nSPS) is 14.8. The number of carbonyl (C=O) groups excluding carboxylic acids is 1. The SMILES string of the molecule is CC(C)Oc1ccc(NC(=NCC(=O)NC(C)(C)C)NCCCCN2CCCC2)cc1.I. The highest BCUT2D eigenvalue weighted by Crippen LogP contribution is 2.17. The third-order valence-electron chi connectivity index (χ3n) is 4.78. The van der Waals surface area contributed by atoms with Crippen LogP contribution in [0.15, 0.2) is 29.3 Å². The summed E-state index contributed by atoms with van der Waals surface area (Å²) in [7, 11) is 0. The lowest BCUT2D eigenvalue weighted by molar-refractivity contribution is -0.121. The maximum atomic E-state index is 12.2. The van der Waals surface area contributed by atoms with Crippen LogP contribution in [0.1, 0.15) is 60.3 Å². The van der Waals surface area contributed by atoms with E-state index in [4.69, 9.17) is 4.74 Å². The van der Waals surface area contributed by atoms with E-state index in [1.165, 1.54) is 25.9 Å². The molecule has 0 aliphatic carbocycles. The molecule has 1 heterocycles. The number of amides is 1. The van der Waals surface area contributed by atoms with Crippen LogP contribution in [0.4, 0.5) is 5.69 Å². The summed E-state index contributed by atoms with van der Waals surface area (Å²) in [6.45, 7) is 14.4. The molecule has 0 aromatic heterocycles. The monoisotopic (exact) mass is 559 g/mol. The van der Waals surface area contributed by atoms with Gasteiger partial charge in [-0.15, -0.1) is 24.0 Å². The number of likely N-dealkylation sites (tertiary alicyclic amines) is 1. The van der Waals surface area contributed by atoms with E-state index in [1.54, 1.807) is 0 Å². The van der Waals surface area contributed by atoms with Gasteiger partial charge in [0.25, 0.3) is 0 Å². The smallest absolute Gasteiger partial charge is 0.242 e. The van der Waals surface area contributed by atoms with E-state index in [-0.39, 0.29) is 48.1 Å².